The topological polar surface area (TPSA) is 57.2 Å². The van der Waals surface area contributed by atoms with Gasteiger partial charge in [-0.05, 0) is 43.5 Å². The Morgan fingerprint density at radius 1 is 1.16 bits per heavy atom. The number of nitrogens with zero attached hydrogens (tertiary/aromatic N) is 2. The predicted octanol–water partition coefficient (Wildman–Crippen LogP) is 5.17. The van der Waals surface area contributed by atoms with E-state index in [1.807, 2.05) is 6.07 Å². The molecule has 0 saturated carbocycles. The zero-order valence-corrected chi connectivity index (χ0v) is 15.0. The molecule has 128 valence electrons. The lowest BCUT2D eigenvalue weighted by molar-refractivity contribution is -0.127. The first kappa shape index (κ1) is 17.6. The van der Waals surface area contributed by atoms with Gasteiger partial charge in [0.15, 0.2) is 0 Å². The Balaban J connectivity index is 1.85. The average molecular weight is 375 g/mol. The van der Waals surface area contributed by atoms with Crippen molar-refractivity contribution < 1.29 is 9.21 Å². The quantitative estimate of drug-likeness (QED) is 0.549. The Kier molecular flexibility index (Phi) is 5.47. The van der Waals surface area contributed by atoms with Crippen LogP contribution in [0, 0.1) is 11.3 Å². The molecule has 0 N–H and O–H groups in total. The van der Waals surface area contributed by atoms with Crippen LogP contribution in [0.5, 0.6) is 0 Å². The summed E-state index contributed by atoms with van der Waals surface area (Å²) in [5.74, 6) is 0.704. The van der Waals surface area contributed by atoms with E-state index in [4.69, 9.17) is 27.6 Å². The molecular formula is C19H16Cl2N2O2. The lowest BCUT2D eigenvalue weighted by Gasteiger charge is -2.26. The number of hydrogen-bond acceptors (Lipinski definition) is 3. The normalized spacial score (nSPS) is 15.1. The Hall–Kier alpha value is -2.22. The monoisotopic (exact) mass is 374 g/mol. The SMILES string of the molecule is N#C/C(=C/c1ccc(-c2cccc(Cl)c2Cl)o1)C(=O)N1CCCCC1. The molecule has 0 spiro atoms. The highest BCUT2D eigenvalue weighted by Crippen LogP contribution is 2.34. The number of carbonyl (C=O) groups excluding carboxylic acids is 1. The van der Waals surface area contributed by atoms with Crippen LogP contribution in [0.4, 0.5) is 0 Å². The molecule has 6 heteroatoms. The molecule has 4 nitrogen and oxygen atoms in total. The molecule has 2 heterocycles. The molecule has 1 aliphatic heterocycles. The van der Waals surface area contributed by atoms with Crippen molar-refractivity contribution in [3.8, 4) is 17.4 Å². The molecule has 0 unspecified atom stereocenters. The second-order valence-corrected chi connectivity index (χ2v) is 6.61. The minimum absolute atomic E-state index is 0.0694. The minimum Gasteiger partial charge on any atom is -0.457 e. The summed E-state index contributed by atoms with van der Waals surface area (Å²) >= 11 is 12.2. The van der Waals surface area contributed by atoms with Gasteiger partial charge in [-0.25, -0.2) is 0 Å². The van der Waals surface area contributed by atoms with E-state index >= 15 is 0 Å². The average Bonchev–Trinajstić information content (AvgIpc) is 3.10. The third-order valence-corrected chi connectivity index (χ3v) is 4.94. The molecule has 1 aromatic carbocycles. The highest BCUT2D eigenvalue weighted by atomic mass is 35.5. The Morgan fingerprint density at radius 3 is 2.64 bits per heavy atom. The first-order valence-electron chi connectivity index (χ1n) is 8.05. The van der Waals surface area contributed by atoms with Crippen molar-refractivity contribution in [3.63, 3.8) is 0 Å². The number of nitriles is 1. The minimum atomic E-state index is -0.249. The van der Waals surface area contributed by atoms with E-state index in [2.05, 4.69) is 0 Å². The highest BCUT2D eigenvalue weighted by molar-refractivity contribution is 6.43. The molecule has 1 aliphatic rings. The van der Waals surface area contributed by atoms with Crippen LogP contribution in [-0.4, -0.2) is 23.9 Å². The Morgan fingerprint density at radius 2 is 1.92 bits per heavy atom. The molecule has 1 fully saturated rings. The van der Waals surface area contributed by atoms with Crippen molar-refractivity contribution in [1.82, 2.24) is 4.90 Å². The van der Waals surface area contributed by atoms with Crippen molar-refractivity contribution in [3.05, 3.63) is 51.7 Å². The number of piperidine rings is 1. The maximum atomic E-state index is 12.5. The summed E-state index contributed by atoms with van der Waals surface area (Å²) in [7, 11) is 0. The van der Waals surface area contributed by atoms with Gasteiger partial charge in [-0.15, -0.1) is 0 Å². The molecule has 0 aliphatic carbocycles. The van der Waals surface area contributed by atoms with Crippen LogP contribution in [0.15, 0.2) is 40.3 Å². The van der Waals surface area contributed by atoms with E-state index in [-0.39, 0.29) is 11.5 Å². The predicted molar refractivity (Wildman–Crippen MR) is 98.2 cm³/mol. The third kappa shape index (κ3) is 3.89. The first-order valence-corrected chi connectivity index (χ1v) is 8.81. The largest absolute Gasteiger partial charge is 0.457 e. The second kappa shape index (κ2) is 7.77. The van der Waals surface area contributed by atoms with Gasteiger partial charge < -0.3 is 9.32 Å². The lowest BCUT2D eigenvalue weighted by Crippen LogP contribution is -2.36. The molecule has 1 amide bonds. The van der Waals surface area contributed by atoms with Crippen LogP contribution in [0.3, 0.4) is 0 Å². The standard InChI is InChI=1S/C19H16Cl2N2O2/c20-16-6-4-5-15(18(16)21)17-8-7-14(25-17)11-13(12-22)19(24)23-9-2-1-3-10-23/h4-8,11H,1-3,9-10H2/b13-11-. The molecular weight excluding hydrogens is 359 g/mol. The zero-order chi connectivity index (χ0) is 17.8. The van der Waals surface area contributed by atoms with E-state index in [1.54, 1.807) is 35.2 Å². The molecule has 0 radical (unpaired) electrons. The van der Waals surface area contributed by atoms with E-state index < -0.39 is 0 Å². The summed E-state index contributed by atoms with van der Waals surface area (Å²) in [6.45, 7) is 1.39. The van der Waals surface area contributed by atoms with Crippen LogP contribution in [0.2, 0.25) is 10.0 Å². The summed E-state index contributed by atoms with van der Waals surface area (Å²) in [4.78, 5) is 14.2. The number of carbonyl (C=O) groups is 1. The van der Waals surface area contributed by atoms with Crippen LogP contribution >= 0.6 is 23.2 Å². The van der Waals surface area contributed by atoms with E-state index in [0.717, 1.165) is 19.3 Å². The maximum Gasteiger partial charge on any atom is 0.264 e. The van der Waals surface area contributed by atoms with E-state index in [9.17, 15) is 10.1 Å². The highest BCUT2D eigenvalue weighted by Gasteiger charge is 2.20. The van der Waals surface area contributed by atoms with E-state index in [1.165, 1.54) is 6.08 Å². The van der Waals surface area contributed by atoms with Gasteiger partial charge in [0.2, 0.25) is 0 Å². The van der Waals surface area contributed by atoms with Crippen molar-refractivity contribution in [2.75, 3.05) is 13.1 Å². The fraction of sp³-hybridized carbons (Fsp3) is 0.263. The second-order valence-electron chi connectivity index (χ2n) is 5.83. The number of hydrogen-bond donors (Lipinski definition) is 0. The molecule has 0 bridgehead atoms. The molecule has 25 heavy (non-hydrogen) atoms. The van der Waals surface area contributed by atoms with Gasteiger partial charge in [0.1, 0.15) is 23.2 Å². The summed E-state index contributed by atoms with van der Waals surface area (Å²) < 4.78 is 5.73. The number of furan rings is 1. The smallest absolute Gasteiger partial charge is 0.264 e. The molecule has 0 atom stereocenters. The molecule has 1 aromatic heterocycles. The number of likely N-dealkylation sites (tertiary alicyclic amines) is 1. The van der Waals surface area contributed by atoms with Gasteiger partial charge >= 0.3 is 0 Å². The first-order chi connectivity index (χ1) is 12.1. The number of amides is 1. The fourth-order valence-corrected chi connectivity index (χ4v) is 3.21. The zero-order valence-electron chi connectivity index (χ0n) is 13.5. The Bertz CT molecular complexity index is 859. The fourth-order valence-electron chi connectivity index (χ4n) is 2.82. The number of benzene rings is 1. The number of halogens is 2. The Labute approximate surface area is 156 Å². The van der Waals surface area contributed by atoms with Crippen LogP contribution < -0.4 is 0 Å². The summed E-state index contributed by atoms with van der Waals surface area (Å²) in [6, 6.07) is 10.7. The van der Waals surface area contributed by atoms with E-state index in [0.29, 0.717) is 40.2 Å². The summed E-state index contributed by atoms with van der Waals surface area (Å²) in [5.41, 5.74) is 0.731. The van der Waals surface area contributed by atoms with Gasteiger partial charge in [-0.1, -0.05) is 29.3 Å². The lowest BCUT2D eigenvalue weighted by atomic mass is 10.1. The third-order valence-electron chi connectivity index (χ3n) is 4.12. The number of rotatable bonds is 3. The molecule has 3 rings (SSSR count). The summed E-state index contributed by atoms with van der Waals surface area (Å²) in [6.07, 6.45) is 4.54. The van der Waals surface area contributed by atoms with Crippen LogP contribution in [-0.2, 0) is 4.79 Å². The molecule has 2 aromatic rings. The molecule has 1 saturated heterocycles. The summed E-state index contributed by atoms with van der Waals surface area (Å²) in [5, 5.41) is 10.2. The van der Waals surface area contributed by atoms with Crippen LogP contribution in [0.1, 0.15) is 25.0 Å². The van der Waals surface area contributed by atoms with Gasteiger partial charge in [0.05, 0.1) is 10.0 Å². The van der Waals surface area contributed by atoms with Crippen molar-refractivity contribution in [2.45, 2.75) is 19.3 Å². The van der Waals surface area contributed by atoms with Gasteiger partial charge in [-0.2, -0.15) is 5.26 Å². The van der Waals surface area contributed by atoms with Gasteiger partial charge in [0.25, 0.3) is 5.91 Å². The maximum absolute atomic E-state index is 12.5. The van der Waals surface area contributed by atoms with Gasteiger partial charge in [0, 0.05) is 24.7 Å². The van der Waals surface area contributed by atoms with Crippen molar-refractivity contribution in [2.24, 2.45) is 0 Å². The van der Waals surface area contributed by atoms with Crippen LogP contribution in [0.25, 0.3) is 17.4 Å². The van der Waals surface area contributed by atoms with Crippen molar-refractivity contribution in [1.29, 1.82) is 5.26 Å². The van der Waals surface area contributed by atoms with Gasteiger partial charge in [-0.3, -0.25) is 4.79 Å². The van der Waals surface area contributed by atoms with Crippen molar-refractivity contribution >= 4 is 35.2 Å².